The maximum Gasteiger partial charge on any atom is 0.410 e. The Morgan fingerprint density at radius 1 is 1.12 bits per heavy atom. The Morgan fingerprint density at radius 3 is 2.77 bits per heavy atom. The number of piperidine rings is 1. The average Bonchev–Trinajstić information content (AvgIpc) is 2.93. The highest BCUT2D eigenvalue weighted by molar-refractivity contribution is 5.86. The summed E-state index contributed by atoms with van der Waals surface area (Å²) in [7, 11) is 1.37. The van der Waals surface area contributed by atoms with Gasteiger partial charge in [0.2, 0.25) is 5.91 Å². The molecule has 0 spiro atoms. The Bertz CT molecular complexity index is 610. The van der Waals surface area contributed by atoms with E-state index in [4.69, 9.17) is 4.74 Å². The minimum Gasteiger partial charge on any atom is -0.453 e. The van der Waals surface area contributed by atoms with Gasteiger partial charge in [-0.05, 0) is 37.8 Å². The van der Waals surface area contributed by atoms with Gasteiger partial charge in [-0.2, -0.15) is 0 Å². The molecule has 7 nitrogen and oxygen atoms in total. The summed E-state index contributed by atoms with van der Waals surface area (Å²) in [4.78, 5) is 35.3. The summed E-state index contributed by atoms with van der Waals surface area (Å²) >= 11 is 0. The van der Waals surface area contributed by atoms with E-state index >= 15 is 0 Å². The van der Waals surface area contributed by atoms with Crippen molar-refractivity contribution in [1.29, 1.82) is 0 Å². The van der Waals surface area contributed by atoms with Gasteiger partial charge >= 0.3 is 6.09 Å². The molecule has 2 aliphatic heterocycles. The van der Waals surface area contributed by atoms with E-state index in [0.717, 1.165) is 57.6 Å². The van der Waals surface area contributed by atoms with Crippen LogP contribution in [0.5, 0.6) is 0 Å². The summed E-state index contributed by atoms with van der Waals surface area (Å²) in [5.74, 6) is 0.0646. The lowest BCUT2D eigenvalue weighted by Crippen LogP contribution is -2.53. The predicted molar refractivity (Wildman–Crippen MR) is 97.5 cm³/mol. The number of carbonyl (C=O) groups is 2. The minimum absolute atomic E-state index is 0.0646. The third-order valence-electron chi connectivity index (χ3n) is 5.21. The van der Waals surface area contributed by atoms with Crippen molar-refractivity contribution in [2.45, 2.75) is 38.3 Å². The van der Waals surface area contributed by atoms with Crippen LogP contribution in [0.2, 0.25) is 0 Å². The molecule has 1 aromatic rings. The lowest BCUT2D eigenvalue weighted by atomic mass is 10.0. The van der Waals surface area contributed by atoms with E-state index in [0.29, 0.717) is 13.1 Å². The van der Waals surface area contributed by atoms with E-state index in [9.17, 15) is 9.59 Å². The number of methoxy groups -OCH3 is 1. The topological polar surface area (TPSA) is 66.0 Å². The van der Waals surface area contributed by atoms with Gasteiger partial charge in [-0.3, -0.25) is 19.6 Å². The van der Waals surface area contributed by atoms with Crippen LogP contribution < -0.4 is 0 Å². The first-order chi connectivity index (χ1) is 12.7. The van der Waals surface area contributed by atoms with Gasteiger partial charge in [0.1, 0.15) is 6.04 Å². The molecule has 0 N–H and O–H groups in total. The molecule has 0 aliphatic carbocycles. The number of hydrogen-bond donors (Lipinski definition) is 0. The van der Waals surface area contributed by atoms with Gasteiger partial charge in [-0.25, -0.2) is 4.79 Å². The Kier molecular flexibility index (Phi) is 6.44. The van der Waals surface area contributed by atoms with Crippen LogP contribution in [-0.4, -0.2) is 77.6 Å². The summed E-state index contributed by atoms with van der Waals surface area (Å²) in [6, 6.07) is 5.58. The minimum atomic E-state index is -0.394. The molecular formula is C19H28N4O3. The van der Waals surface area contributed by atoms with Crippen molar-refractivity contribution in [3.63, 3.8) is 0 Å². The molecule has 0 radical (unpaired) electrons. The Morgan fingerprint density at radius 2 is 2.00 bits per heavy atom. The van der Waals surface area contributed by atoms with E-state index in [1.165, 1.54) is 7.11 Å². The molecule has 0 aromatic carbocycles. The maximum atomic E-state index is 13.0. The van der Waals surface area contributed by atoms with Gasteiger partial charge in [-0.15, -0.1) is 0 Å². The van der Waals surface area contributed by atoms with Crippen molar-refractivity contribution in [2.75, 3.05) is 39.8 Å². The molecule has 2 fully saturated rings. The summed E-state index contributed by atoms with van der Waals surface area (Å²) < 4.78 is 4.87. The number of aromatic nitrogens is 1. The number of hydrogen-bond acceptors (Lipinski definition) is 5. The average molecular weight is 360 g/mol. The van der Waals surface area contributed by atoms with Crippen LogP contribution in [-0.2, 0) is 16.1 Å². The van der Waals surface area contributed by atoms with Crippen molar-refractivity contribution in [1.82, 2.24) is 19.7 Å². The largest absolute Gasteiger partial charge is 0.453 e. The summed E-state index contributed by atoms with van der Waals surface area (Å²) in [5, 5.41) is 0. The first kappa shape index (κ1) is 18.6. The number of pyridine rings is 1. The predicted octanol–water partition coefficient (Wildman–Crippen LogP) is 1.74. The second kappa shape index (κ2) is 8.98. The van der Waals surface area contributed by atoms with Crippen LogP contribution in [0.25, 0.3) is 0 Å². The van der Waals surface area contributed by atoms with Crippen molar-refractivity contribution in [3.05, 3.63) is 30.1 Å². The SMILES string of the molecule is COC(=O)N1CCCCC1C(=O)N1CCCN(Cc2ccccn2)CC1. The van der Waals surface area contributed by atoms with Crippen LogP contribution in [0.1, 0.15) is 31.4 Å². The molecule has 2 aliphatic rings. The van der Waals surface area contributed by atoms with Gasteiger partial charge < -0.3 is 9.64 Å². The molecule has 2 amide bonds. The lowest BCUT2D eigenvalue weighted by molar-refractivity contribution is -0.137. The van der Waals surface area contributed by atoms with E-state index in [1.54, 1.807) is 4.90 Å². The van der Waals surface area contributed by atoms with Crippen molar-refractivity contribution in [2.24, 2.45) is 0 Å². The van der Waals surface area contributed by atoms with E-state index in [2.05, 4.69) is 9.88 Å². The normalized spacial score (nSPS) is 22.0. The quantitative estimate of drug-likeness (QED) is 0.821. The highest BCUT2D eigenvalue weighted by Gasteiger charge is 2.35. The number of ether oxygens (including phenoxy) is 1. The molecule has 3 rings (SSSR count). The smallest absolute Gasteiger partial charge is 0.410 e. The molecule has 7 heteroatoms. The van der Waals surface area contributed by atoms with Crippen molar-refractivity contribution >= 4 is 12.0 Å². The fraction of sp³-hybridized carbons (Fsp3) is 0.632. The Labute approximate surface area is 154 Å². The zero-order valence-corrected chi connectivity index (χ0v) is 15.5. The molecule has 1 atom stereocenters. The molecule has 0 bridgehead atoms. The third kappa shape index (κ3) is 4.52. The van der Waals surface area contributed by atoms with Gasteiger partial charge in [-0.1, -0.05) is 6.07 Å². The molecule has 0 saturated carbocycles. The van der Waals surface area contributed by atoms with E-state index < -0.39 is 6.09 Å². The van der Waals surface area contributed by atoms with Crippen molar-refractivity contribution < 1.29 is 14.3 Å². The molecule has 3 heterocycles. The summed E-state index contributed by atoms with van der Waals surface area (Å²) in [5.41, 5.74) is 1.05. The van der Waals surface area contributed by atoms with Crippen LogP contribution >= 0.6 is 0 Å². The molecule has 2 saturated heterocycles. The Hall–Kier alpha value is -2.15. The fourth-order valence-electron chi connectivity index (χ4n) is 3.80. The van der Waals surface area contributed by atoms with Gasteiger partial charge in [0, 0.05) is 45.5 Å². The second-order valence-corrected chi connectivity index (χ2v) is 6.95. The fourth-order valence-corrected chi connectivity index (χ4v) is 3.80. The highest BCUT2D eigenvalue weighted by atomic mass is 16.5. The highest BCUT2D eigenvalue weighted by Crippen LogP contribution is 2.21. The summed E-state index contributed by atoms with van der Waals surface area (Å²) in [6.45, 7) is 4.61. The van der Waals surface area contributed by atoms with Crippen molar-refractivity contribution in [3.8, 4) is 0 Å². The lowest BCUT2D eigenvalue weighted by Gasteiger charge is -2.36. The monoisotopic (exact) mass is 360 g/mol. The van der Waals surface area contributed by atoms with Crippen LogP contribution in [0, 0.1) is 0 Å². The van der Waals surface area contributed by atoms with Gasteiger partial charge in [0.05, 0.1) is 12.8 Å². The molecule has 26 heavy (non-hydrogen) atoms. The van der Waals surface area contributed by atoms with Gasteiger partial charge in [0.25, 0.3) is 0 Å². The Balaban J connectivity index is 1.59. The number of rotatable bonds is 3. The third-order valence-corrected chi connectivity index (χ3v) is 5.21. The number of carbonyl (C=O) groups excluding carboxylic acids is 2. The zero-order chi connectivity index (χ0) is 18.4. The molecule has 1 aromatic heterocycles. The second-order valence-electron chi connectivity index (χ2n) is 6.95. The number of amides is 2. The standard InChI is InChI=1S/C19H28N4O3/c1-26-19(25)23-12-5-3-8-17(23)18(24)22-11-6-10-21(13-14-22)15-16-7-2-4-9-20-16/h2,4,7,9,17H,3,5-6,8,10-15H2,1H3. The van der Waals surface area contributed by atoms with Crippen LogP contribution in [0.4, 0.5) is 4.79 Å². The molecular weight excluding hydrogens is 332 g/mol. The number of nitrogens with zero attached hydrogens (tertiary/aromatic N) is 4. The maximum absolute atomic E-state index is 13.0. The molecule has 142 valence electrons. The zero-order valence-electron chi connectivity index (χ0n) is 15.5. The van der Waals surface area contributed by atoms with E-state index in [1.807, 2.05) is 29.3 Å². The number of likely N-dealkylation sites (tertiary alicyclic amines) is 1. The first-order valence-electron chi connectivity index (χ1n) is 9.44. The molecule has 1 unspecified atom stereocenters. The summed E-state index contributed by atoms with van der Waals surface area (Å²) in [6.07, 6.45) is 4.98. The van der Waals surface area contributed by atoms with Crippen LogP contribution in [0.15, 0.2) is 24.4 Å². The van der Waals surface area contributed by atoms with E-state index in [-0.39, 0.29) is 11.9 Å². The van der Waals surface area contributed by atoms with Crippen LogP contribution in [0.3, 0.4) is 0 Å². The first-order valence-corrected chi connectivity index (χ1v) is 9.44. The van der Waals surface area contributed by atoms with Gasteiger partial charge in [0.15, 0.2) is 0 Å².